The van der Waals surface area contributed by atoms with E-state index in [2.05, 4.69) is 60.7 Å². The molecule has 3 atom stereocenters. The van der Waals surface area contributed by atoms with Gasteiger partial charge in [0, 0.05) is 36.7 Å². The third kappa shape index (κ3) is 13.2. The average molecular weight is 1150 g/mol. The number of aromatic nitrogens is 2. The molecule has 432 valence electrons. The number of benzene rings is 7. The minimum absolute atomic E-state index is 0.0196. The van der Waals surface area contributed by atoms with Crippen LogP contribution in [-0.2, 0) is 47.0 Å². The van der Waals surface area contributed by atoms with Crippen molar-refractivity contribution in [3.63, 3.8) is 0 Å². The molecular formula is C67H68N4O12Si. The Kier molecular flexibility index (Phi) is 18.8. The highest BCUT2D eigenvalue weighted by Crippen LogP contribution is 2.44. The molecule has 9 rings (SSSR count). The Morgan fingerprint density at radius 3 is 1.81 bits per heavy atom. The van der Waals surface area contributed by atoms with Gasteiger partial charge in [-0.25, -0.2) is 9.59 Å². The molecule has 0 spiro atoms. The van der Waals surface area contributed by atoms with Crippen molar-refractivity contribution in [1.29, 1.82) is 0 Å². The second-order valence-electron chi connectivity index (χ2n) is 21.5. The first-order valence-electron chi connectivity index (χ1n) is 27.7. The van der Waals surface area contributed by atoms with E-state index in [1.807, 2.05) is 115 Å². The van der Waals surface area contributed by atoms with Crippen LogP contribution < -0.4 is 36.2 Å². The molecule has 1 aliphatic rings. The summed E-state index contributed by atoms with van der Waals surface area (Å²) < 4.78 is 40.8. The minimum atomic E-state index is -3.21. The summed E-state index contributed by atoms with van der Waals surface area (Å²) in [6.07, 6.45) is -2.09. The molecule has 0 bridgehead atoms. The summed E-state index contributed by atoms with van der Waals surface area (Å²) in [5.74, 6) is -1.34. The highest BCUT2D eigenvalue weighted by molar-refractivity contribution is 6.99. The number of hydrogen-bond acceptors (Lipinski definition) is 12. The quantitative estimate of drug-likeness (QED) is 0.0311. The van der Waals surface area contributed by atoms with E-state index in [-0.39, 0.29) is 50.4 Å². The van der Waals surface area contributed by atoms with Crippen LogP contribution in [0.5, 0.6) is 11.5 Å². The average Bonchev–Trinajstić information content (AvgIpc) is 3.40. The van der Waals surface area contributed by atoms with Gasteiger partial charge in [0.15, 0.2) is 0 Å². The Hall–Kier alpha value is -9.00. The molecule has 1 saturated heterocycles. The van der Waals surface area contributed by atoms with Crippen molar-refractivity contribution in [2.75, 3.05) is 26.1 Å². The maximum atomic E-state index is 15.3. The van der Waals surface area contributed by atoms with Crippen molar-refractivity contribution in [3.8, 4) is 11.5 Å². The molecule has 1 aromatic heterocycles. The first kappa shape index (κ1) is 59.6. The van der Waals surface area contributed by atoms with E-state index in [4.69, 9.17) is 28.1 Å². The van der Waals surface area contributed by atoms with E-state index < -0.39 is 66.8 Å². The lowest BCUT2D eigenvalue weighted by molar-refractivity contribution is -0.138. The molecule has 3 N–H and O–H groups in total. The summed E-state index contributed by atoms with van der Waals surface area (Å²) >= 11 is 0. The number of anilines is 1. The van der Waals surface area contributed by atoms with Gasteiger partial charge in [-0.3, -0.25) is 19.0 Å². The van der Waals surface area contributed by atoms with Crippen molar-refractivity contribution in [2.24, 2.45) is 0 Å². The van der Waals surface area contributed by atoms with Crippen LogP contribution in [0.1, 0.15) is 100 Å². The van der Waals surface area contributed by atoms with E-state index in [1.54, 1.807) is 75.9 Å². The molecule has 0 saturated carbocycles. The standard InChI is InChI=1S/C67H68N4O12Si/c1-45-42-71(65(77)70-62(45)69-63(75)47-19-11-7-12-20-47)60-40-57(58(82-60)44-80-67(49-21-13-8-14-22-49,50-28-32-52(78-5)33-29-50)51-30-34-53(79-6)35-31-51)83-64(76)56-36-27-46(41-68-59(72)37-38-61(73)74)39-48(56)43-81-84(66(2,3)4,54-23-15-9-16-24-54)55-25-17-10-18-26-55/h7-36,39,42,57-58,60H,37-38,40-41,43-44H2,1-6H3,(H,68,72)(H,73,74)(H,69,70,75,77)/t57-,58-,60-/m1/s1. The summed E-state index contributed by atoms with van der Waals surface area (Å²) in [6, 6.07) is 58.8. The van der Waals surface area contributed by atoms with Crippen LogP contribution in [0.15, 0.2) is 199 Å². The Bertz CT molecular complexity index is 3530. The topological polar surface area (TPSA) is 203 Å². The number of aliphatic carboxylic acids is 1. The number of aryl methyl sites for hydroxylation is 1. The number of rotatable bonds is 23. The van der Waals surface area contributed by atoms with Gasteiger partial charge < -0.3 is 43.9 Å². The number of nitrogens with one attached hydrogen (secondary N) is 2. The summed E-state index contributed by atoms with van der Waals surface area (Å²) in [5.41, 5.74) is 2.38. The fraction of sp³-hybridized carbons (Fsp3) is 0.254. The summed E-state index contributed by atoms with van der Waals surface area (Å²) in [4.78, 5) is 71.2. The Morgan fingerprint density at radius 2 is 1.26 bits per heavy atom. The van der Waals surface area contributed by atoms with E-state index >= 15 is 4.79 Å². The van der Waals surface area contributed by atoms with Crippen LogP contribution in [-0.4, -0.2) is 79.8 Å². The van der Waals surface area contributed by atoms with Gasteiger partial charge >= 0.3 is 17.6 Å². The van der Waals surface area contributed by atoms with Crippen molar-refractivity contribution in [3.05, 3.63) is 249 Å². The molecule has 8 aromatic rings. The zero-order valence-corrected chi connectivity index (χ0v) is 48.8. The van der Waals surface area contributed by atoms with Gasteiger partial charge in [0.1, 0.15) is 41.4 Å². The van der Waals surface area contributed by atoms with Crippen LogP contribution in [0.25, 0.3) is 0 Å². The smallest absolute Gasteiger partial charge is 0.351 e. The lowest BCUT2D eigenvalue weighted by atomic mass is 9.80. The van der Waals surface area contributed by atoms with Crippen LogP contribution in [0, 0.1) is 6.92 Å². The van der Waals surface area contributed by atoms with E-state index in [0.717, 1.165) is 27.1 Å². The fourth-order valence-corrected chi connectivity index (χ4v) is 15.4. The maximum Gasteiger partial charge on any atom is 0.351 e. The summed E-state index contributed by atoms with van der Waals surface area (Å²) in [5, 5.41) is 16.4. The predicted molar refractivity (Wildman–Crippen MR) is 321 cm³/mol. The van der Waals surface area contributed by atoms with Gasteiger partial charge in [-0.2, -0.15) is 4.98 Å². The predicted octanol–water partition coefficient (Wildman–Crippen LogP) is 9.90. The third-order valence-electron chi connectivity index (χ3n) is 15.1. The molecule has 7 aromatic carbocycles. The Balaban J connectivity index is 1.11. The van der Waals surface area contributed by atoms with Gasteiger partial charge in [-0.15, -0.1) is 0 Å². The van der Waals surface area contributed by atoms with Crippen molar-refractivity contribution >= 4 is 48.3 Å². The Morgan fingerprint density at radius 1 is 0.714 bits per heavy atom. The van der Waals surface area contributed by atoms with Crippen LogP contribution in [0.3, 0.4) is 0 Å². The van der Waals surface area contributed by atoms with E-state index in [9.17, 15) is 24.3 Å². The molecule has 84 heavy (non-hydrogen) atoms. The molecule has 16 nitrogen and oxygen atoms in total. The highest BCUT2D eigenvalue weighted by atomic mass is 28.4. The molecular weight excluding hydrogens is 1080 g/mol. The SMILES string of the molecule is COc1ccc(C(OC[C@H]2O[C@@H](n3cc(C)c(NC(=O)c4ccccc4)nc3=O)C[C@H]2OC(=O)c2ccc(CNC(=O)CCC(=O)O)cc2CO[Si](c2ccccc2)(c2ccccc2)C(C)(C)C)(c2ccccc2)c2ccc(OC)cc2)cc1. The summed E-state index contributed by atoms with van der Waals surface area (Å²) in [7, 11) is -0.0202. The van der Waals surface area contributed by atoms with Crippen molar-refractivity contribution in [2.45, 2.75) is 89.2 Å². The number of ether oxygens (including phenoxy) is 5. The molecule has 1 aliphatic heterocycles. The number of carboxylic acid groups (broad SMARTS) is 1. The van der Waals surface area contributed by atoms with Crippen molar-refractivity contribution in [1.82, 2.24) is 14.9 Å². The molecule has 17 heteroatoms. The highest BCUT2D eigenvalue weighted by Gasteiger charge is 2.51. The van der Waals surface area contributed by atoms with E-state index in [0.29, 0.717) is 33.8 Å². The zero-order chi connectivity index (χ0) is 59.4. The van der Waals surface area contributed by atoms with Gasteiger partial charge in [0.2, 0.25) is 5.91 Å². The van der Waals surface area contributed by atoms with Gasteiger partial charge in [0.25, 0.3) is 14.2 Å². The molecule has 0 aliphatic carbocycles. The van der Waals surface area contributed by atoms with Gasteiger partial charge in [-0.1, -0.05) is 166 Å². The molecule has 0 radical (unpaired) electrons. The monoisotopic (exact) mass is 1150 g/mol. The number of hydrogen-bond donors (Lipinski definition) is 3. The lowest BCUT2D eigenvalue weighted by Crippen LogP contribution is -2.66. The number of amides is 2. The number of carboxylic acids is 1. The third-order valence-corrected chi connectivity index (χ3v) is 20.1. The van der Waals surface area contributed by atoms with Gasteiger partial charge in [-0.05, 0) is 92.6 Å². The number of nitrogens with zero attached hydrogens (tertiary/aromatic N) is 2. The zero-order valence-electron chi connectivity index (χ0n) is 47.8. The van der Waals surface area contributed by atoms with Crippen LogP contribution >= 0.6 is 0 Å². The van der Waals surface area contributed by atoms with Crippen LogP contribution in [0.4, 0.5) is 5.82 Å². The first-order valence-corrected chi connectivity index (χ1v) is 29.6. The maximum absolute atomic E-state index is 15.3. The largest absolute Gasteiger partial charge is 0.497 e. The van der Waals surface area contributed by atoms with Crippen LogP contribution in [0.2, 0.25) is 5.04 Å². The normalized spacial score (nSPS) is 15.2. The van der Waals surface area contributed by atoms with E-state index in [1.165, 1.54) is 4.57 Å². The fourth-order valence-electron chi connectivity index (χ4n) is 10.8. The second-order valence-corrected chi connectivity index (χ2v) is 25.8. The lowest BCUT2D eigenvalue weighted by Gasteiger charge is -2.43. The number of carbonyl (C=O) groups excluding carboxylic acids is 3. The summed E-state index contributed by atoms with van der Waals surface area (Å²) in [6.45, 7) is 7.99. The van der Waals surface area contributed by atoms with Gasteiger partial charge in [0.05, 0.1) is 39.4 Å². The minimum Gasteiger partial charge on any atom is -0.497 e. The molecule has 1 fully saturated rings. The molecule has 2 amide bonds. The Labute approximate surface area is 489 Å². The number of methoxy groups -OCH3 is 2. The molecule has 0 unspecified atom stereocenters. The first-order chi connectivity index (χ1) is 40.5. The second kappa shape index (κ2) is 26.5. The number of carbonyl (C=O) groups is 4. The van der Waals surface area contributed by atoms with Crippen molar-refractivity contribution < 1.29 is 52.4 Å². The molecule has 2 heterocycles. The number of esters is 1.